The zero-order valence-electron chi connectivity index (χ0n) is 14.7. The van der Waals surface area contributed by atoms with Gasteiger partial charge >= 0.3 is 5.97 Å². The molecule has 1 aromatic carbocycles. The number of amides is 1. The van der Waals surface area contributed by atoms with E-state index in [1.807, 2.05) is 0 Å². The van der Waals surface area contributed by atoms with Gasteiger partial charge in [0.1, 0.15) is 11.3 Å². The Kier molecular flexibility index (Phi) is 5.89. The van der Waals surface area contributed by atoms with E-state index in [2.05, 4.69) is 5.32 Å². The van der Waals surface area contributed by atoms with Gasteiger partial charge in [0.05, 0.1) is 6.26 Å². The summed E-state index contributed by atoms with van der Waals surface area (Å²) in [7, 11) is -3.31. The van der Waals surface area contributed by atoms with Crippen molar-refractivity contribution in [2.45, 2.75) is 12.5 Å². The maximum absolute atomic E-state index is 12.2. The summed E-state index contributed by atoms with van der Waals surface area (Å²) in [6, 6.07) is 5.62. The van der Waals surface area contributed by atoms with E-state index in [-0.39, 0.29) is 38.5 Å². The van der Waals surface area contributed by atoms with Crippen molar-refractivity contribution in [2.75, 3.05) is 39.0 Å². The standard InChI is InChI=1S/C16H23N3O6S/c1-16(15(22)23,18-7-9-19(10-8-18)26(2,24)25)11-17-14(21)12-3-5-13(20)6-4-12/h3-6,20H,7-11H2,1-2H3,(H,17,21)(H,22,23)/t16-/m0/s1. The maximum Gasteiger partial charge on any atom is 0.325 e. The van der Waals surface area contributed by atoms with Crippen LogP contribution in [-0.4, -0.2) is 84.2 Å². The van der Waals surface area contributed by atoms with Gasteiger partial charge in [-0.3, -0.25) is 14.5 Å². The monoisotopic (exact) mass is 385 g/mol. The van der Waals surface area contributed by atoms with Crippen molar-refractivity contribution in [2.24, 2.45) is 0 Å². The molecule has 1 aromatic rings. The van der Waals surface area contributed by atoms with Gasteiger partial charge in [-0.25, -0.2) is 8.42 Å². The van der Waals surface area contributed by atoms with Crippen LogP contribution in [0.5, 0.6) is 5.75 Å². The molecule has 144 valence electrons. The van der Waals surface area contributed by atoms with Gasteiger partial charge in [-0.1, -0.05) is 0 Å². The Bertz CT molecular complexity index is 772. The number of hydrogen-bond donors (Lipinski definition) is 3. The Morgan fingerprint density at radius 3 is 2.15 bits per heavy atom. The highest BCUT2D eigenvalue weighted by Gasteiger charge is 2.42. The van der Waals surface area contributed by atoms with Crippen LogP contribution in [0.25, 0.3) is 0 Å². The van der Waals surface area contributed by atoms with E-state index in [1.165, 1.54) is 35.5 Å². The first kappa shape index (κ1) is 20.1. The lowest BCUT2D eigenvalue weighted by Gasteiger charge is -2.42. The number of aliphatic carboxylic acids is 1. The molecule has 0 bridgehead atoms. The Balaban J connectivity index is 2.04. The third-order valence-electron chi connectivity index (χ3n) is 4.59. The molecule has 1 aliphatic rings. The van der Waals surface area contributed by atoms with Crippen molar-refractivity contribution >= 4 is 21.9 Å². The molecule has 26 heavy (non-hydrogen) atoms. The number of carboxylic acid groups (broad SMARTS) is 1. The minimum atomic E-state index is -3.31. The van der Waals surface area contributed by atoms with E-state index < -0.39 is 27.4 Å². The van der Waals surface area contributed by atoms with Crippen molar-refractivity contribution < 1.29 is 28.2 Å². The van der Waals surface area contributed by atoms with Crippen molar-refractivity contribution in [1.29, 1.82) is 0 Å². The van der Waals surface area contributed by atoms with Crippen LogP contribution in [0, 0.1) is 0 Å². The molecule has 0 aliphatic carbocycles. The van der Waals surface area contributed by atoms with Gasteiger partial charge < -0.3 is 15.5 Å². The topological polar surface area (TPSA) is 127 Å². The average molecular weight is 385 g/mol. The summed E-state index contributed by atoms with van der Waals surface area (Å²) in [6.45, 7) is 2.28. The van der Waals surface area contributed by atoms with Gasteiger partial charge in [0.2, 0.25) is 10.0 Å². The summed E-state index contributed by atoms with van der Waals surface area (Å²) < 4.78 is 24.5. The second kappa shape index (κ2) is 7.60. The zero-order chi connectivity index (χ0) is 19.5. The molecule has 1 heterocycles. The largest absolute Gasteiger partial charge is 0.508 e. The first-order valence-corrected chi connectivity index (χ1v) is 9.89. The molecule has 0 radical (unpaired) electrons. The summed E-state index contributed by atoms with van der Waals surface area (Å²) in [5.74, 6) is -1.52. The molecule has 0 saturated carbocycles. The van der Waals surface area contributed by atoms with Crippen molar-refractivity contribution in [3.8, 4) is 5.75 Å². The predicted octanol–water partition coefficient (Wildman–Crippen LogP) is -0.457. The molecule has 1 aliphatic heterocycles. The van der Waals surface area contributed by atoms with E-state index in [0.29, 0.717) is 5.56 Å². The highest BCUT2D eigenvalue weighted by molar-refractivity contribution is 7.88. The fraction of sp³-hybridized carbons (Fsp3) is 0.500. The number of carbonyl (C=O) groups excluding carboxylic acids is 1. The highest BCUT2D eigenvalue weighted by atomic mass is 32.2. The fourth-order valence-electron chi connectivity index (χ4n) is 2.80. The molecule has 10 heteroatoms. The number of aromatic hydroxyl groups is 1. The number of piperazine rings is 1. The van der Waals surface area contributed by atoms with Crippen LogP contribution in [-0.2, 0) is 14.8 Å². The Morgan fingerprint density at radius 2 is 1.69 bits per heavy atom. The Hall–Kier alpha value is -2.17. The lowest BCUT2D eigenvalue weighted by molar-refractivity contribution is -0.151. The van der Waals surface area contributed by atoms with Gasteiger partial charge in [-0.2, -0.15) is 4.31 Å². The molecule has 3 N–H and O–H groups in total. The molecule has 9 nitrogen and oxygen atoms in total. The number of phenolic OH excluding ortho intramolecular Hbond substituents is 1. The van der Waals surface area contributed by atoms with Crippen LogP contribution < -0.4 is 5.32 Å². The molecular weight excluding hydrogens is 362 g/mol. The average Bonchev–Trinajstić information content (AvgIpc) is 2.59. The van der Waals surface area contributed by atoms with E-state index >= 15 is 0 Å². The van der Waals surface area contributed by atoms with E-state index in [0.717, 1.165) is 6.26 Å². The first-order valence-electron chi connectivity index (χ1n) is 8.05. The third kappa shape index (κ3) is 4.51. The van der Waals surface area contributed by atoms with Crippen LogP contribution in [0.15, 0.2) is 24.3 Å². The van der Waals surface area contributed by atoms with Crippen LogP contribution in [0.4, 0.5) is 0 Å². The Labute approximate surface area is 152 Å². The number of carboxylic acids is 1. The van der Waals surface area contributed by atoms with E-state index in [9.17, 15) is 28.2 Å². The number of nitrogens with zero attached hydrogens (tertiary/aromatic N) is 2. The number of sulfonamides is 1. The number of benzene rings is 1. The molecule has 2 rings (SSSR count). The van der Waals surface area contributed by atoms with Crippen LogP contribution in [0.1, 0.15) is 17.3 Å². The maximum atomic E-state index is 12.2. The lowest BCUT2D eigenvalue weighted by atomic mass is 9.98. The minimum absolute atomic E-state index is 0.0284. The summed E-state index contributed by atoms with van der Waals surface area (Å²) in [4.78, 5) is 25.7. The summed E-state index contributed by atoms with van der Waals surface area (Å²) in [5, 5.41) is 21.5. The molecule has 1 atom stereocenters. The van der Waals surface area contributed by atoms with Gasteiger partial charge in [-0.05, 0) is 31.2 Å². The summed E-state index contributed by atoms with van der Waals surface area (Å²) >= 11 is 0. The normalized spacial score (nSPS) is 18.8. The second-order valence-electron chi connectivity index (χ2n) is 6.46. The molecule has 0 unspecified atom stereocenters. The number of hydrogen-bond acceptors (Lipinski definition) is 6. The van der Waals surface area contributed by atoms with Crippen LogP contribution in [0.2, 0.25) is 0 Å². The number of nitrogens with one attached hydrogen (secondary N) is 1. The first-order chi connectivity index (χ1) is 12.0. The molecule has 0 spiro atoms. The fourth-order valence-corrected chi connectivity index (χ4v) is 3.63. The van der Waals surface area contributed by atoms with Crippen molar-refractivity contribution in [3.63, 3.8) is 0 Å². The Morgan fingerprint density at radius 1 is 1.15 bits per heavy atom. The SMILES string of the molecule is C[C@](CNC(=O)c1ccc(O)cc1)(C(=O)O)N1CCN(S(C)(=O)=O)CC1. The number of phenols is 1. The van der Waals surface area contributed by atoms with Crippen LogP contribution >= 0.6 is 0 Å². The molecule has 1 fully saturated rings. The lowest BCUT2D eigenvalue weighted by Crippen LogP contribution is -2.63. The van der Waals surface area contributed by atoms with Crippen LogP contribution in [0.3, 0.4) is 0 Å². The second-order valence-corrected chi connectivity index (χ2v) is 8.44. The minimum Gasteiger partial charge on any atom is -0.508 e. The molecule has 1 amide bonds. The zero-order valence-corrected chi connectivity index (χ0v) is 15.5. The predicted molar refractivity (Wildman–Crippen MR) is 94.5 cm³/mol. The number of rotatable bonds is 6. The van der Waals surface area contributed by atoms with Crippen molar-refractivity contribution in [3.05, 3.63) is 29.8 Å². The smallest absolute Gasteiger partial charge is 0.325 e. The van der Waals surface area contributed by atoms with E-state index in [1.54, 1.807) is 4.90 Å². The quantitative estimate of drug-likeness (QED) is 0.605. The number of carbonyl (C=O) groups is 2. The van der Waals surface area contributed by atoms with Gasteiger partial charge in [-0.15, -0.1) is 0 Å². The van der Waals surface area contributed by atoms with E-state index in [4.69, 9.17) is 0 Å². The molecule has 1 saturated heterocycles. The van der Waals surface area contributed by atoms with Gasteiger partial charge in [0.15, 0.2) is 0 Å². The van der Waals surface area contributed by atoms with Gasteiger partial charge in [0, 0.05) is 38.3 Å². The summed E-state index contributed by atoms with van der Waals surface area (Å²) in [6.07, 6.45) is 1.12. The highest BCUT2D eigenvalue weighted by Crippen LogP contribution is 2.19. The van der Waals surface area contributed by atoms with Crippen molar-refractivity contribution in [1.82, 2.24) is 14.5 Å². The molecule has 0 aromatic heterocycles. The third-order valence-corrected chi connectivity index (χ3v) is 5.89. The molecular formula is C16H23N3O6S. The van der Waals surface area contributed by atoms with Gasteiger partial charge in [0.25, 0.3) is 5.91 Å². The summed E-state index contributed by atoms with van der Waals surface area (Å²) in [5.41, 5.74) is -1.06.